The largest absolute Gasteiger partial charge is 0.369 e. The number of aromatic nitrogens is 3. The zero-order valence-corrected chi connectivity index (χ0v) is 18.8. The number of nitrogens with zero attached hydrogens (tertiary/aromatic N) is 3. The maximum Gasteiger partial charge on any atom is 0.215 e. The summed E-state index contributed by atoms with van der Waals surface area (Å²) in [6.07, 6.45) is 8.76. The van der Waals surface area contributed by atoms with Gasteiger partial charge in [-0.05, 0) is 34.9 Å². The molecule has 0 bridgehead atoms. The van der Waals surface area contributed by atoms with Gasteiger partial charge in [0.1, 0.15) is 6.10 Å². The van der Waals surface area contributed by atoms with Crippen LogP contribution in [0.15, 0.2) is 91.8 Å². The Labute approximate surface area is 197 Å². The second-order valence-electron chi connectivity index (χ2n) is 7.96. The molecule has 1 aliphatic heterocycles. The summed E-state index contributed by atoms with van der Waals surface area (Å²) in [7, 11) is 0. The SMILES string of the molecule is Clc1ccccc1C1(Cn2ccnc2)OCC(OCc2ccc(-c3ccncc3)cc2)CO1. The fraction of sp³-hybridized carbons (Fsp3) is 0.231. The minimum Gasteiger partial charge on any atom is -0.369 e. The van der Waals surface area contributed by atoms with Crippen molar-refractivity contribution < 1.29 is 14.2 Å². The lowest BCUT2D eigenvalue weighted by Crippen LogP contribution is -2.47. The third-order valence-corrected chi connectivity index (χ3v) is 6.02. The molecule has 4 aromatic rings. The van der Waals surface area contributed by atoms with Gasteiger partial charge in [-0.3, -0.25) is 4.98 Å². The minimum atomic E-state index is -0.995. The molecule has 0 aliphatic carbocycles. The summed E-state index contributed by atoms with van der Waals surface area (Å²) in [4.78, 5) is 8.20. The van der Waals surface area contributed by atoms with Crippen molar-refractivity contribution in [3.63, 3.8) is 0 Å². The van der Waals surface area contributed by atoms with Gasteiger partial charge in [0.25, 0.3) is 0 Å². The van der Waals surface area contributed by atoms with Gasteiger partial charge in [-0.1, -0.05) is 54.1 Å². The number of pyridine rings is 1. The van der Waals surface area contributed by atoms with Gasteiger partial charge in [-0.15, -0.1) is 0 Å². The lowest BCUT2D eigenvalue weighted by molar-refractivity contribution is -0.313. The van der Waals surface area contributed by atoms with Crippen LogP contribution in [0, 0.1) is 0 Å². The maximum absolute atomic E-state index is 6.50. The molecule has 1 saturated heterocycles. The lowest BCUT2D eigenvalue weighted by Gasteiger charge is -2.40. The van der Waals surface area contributed by atoms with Crippen LogP contribution in [0.4, 0.5) is 0 Å². The zero-order valence-electron chi connectivity index (χ0n) is 18.0. The van der Waals surface area contributed by atoms with Crippen molar-refractivity contribution in [2.75, 3.05) is 13.2 Å². The van der Waals surface area contributed by atoms with Crippen molar-refractivity contribution in [1.82, 2.24) is 14.5 Å². The number of hydrogen-bond donors (Lipinski definition) is 0. The molecule has 0 N–H and O–H groups in total. The molecule has 5 rings (SSSR count). The van der Waals surface area contributed by atoms with Gasteiger partial charge < -0.3 is 18.8 Å². The molecule has 7 heteroatoms. The van der Waals surface area contributed by atoms with E-state index >= 15 is 0 Å². The molecule has 0 unspecified atom stereocenters. The molecule has 0 amide bonds. The third-order valence-electron chi connectivity index (χ3n) is 5.69. The standard InChI is InChI=1S/C26H24ClN3O3/c27-25-4-2-1-3-24(25)26(18-30-14-13-29-19-30)32-16-23(17-33-26)31-15-20-5-7-21(8-6-20)22-9-11-28-12-10-22/h1-14,19,23H,15-18H2. The fourth-order valence-corrected chi connectivity index (χ4v) is 4.20. The predicted molar refractivity (Wildman–Crippen MR) is 126 cm³/mol. The first-order valence-corrected chi connectivity index (χ1v) is 11.2. The molecule has 0 saturated carbocycles. The second kappa shape index (κ2) is 9.85. The van der Waals surface area contributed by atoms with Crippen LogP contribution in [0.5, 0.6) is 0 Å². The molecular formula is C26H24ClN3O3. The van der Waals surface area contributed by atoms with Gasteiger partial charge in [0, 0.05) is 35.4 Å². The predicted octanol–water partition coefficient (Wildman–Crippen LogP) is 5.08. The summed E-state index contributed by atoms with van der Waals surface area (Å²) in [6, 6.07) is 19.9. The first kappa shape index (κ1) is 21.8. The molecule has 3 heterocycles. The Balaban J connectivity index is 1.23. The van der Waals surface area contributed by atoms with Crippen LogP contribution < -0.4 is 0 Å². The van der Waals surface area contributed by atoms with Crippen molar-refractivity contribution in [3.05, 3.63) is 108 Å². The van der Waals surface area contributed by atoms with E-state index in [2.05, 4.69) is 34.2 Å². The van der Waals surface area contributed by atoms with Crippen LogP contribution in [-0.2, 0) is 33.1 Å². The summed E-state index contributed by atoms with van der Waals surface area (Å²) < 4.78 is 20.6. The zero-order chi connectivity index (χ0) is 22.5. The van der Waals surface area contributed by atoms with Crippen LogP contribution in [0.2, 0.25) is 5.02 Å². The van der Waals surface area contributed by atoms with E-state index in [1.807, 2.05) is 47.2 Å². The van der Waals surface area contributed by atoms with Gasteiger partial charge in [0.05, 0.1) is 32.7 Å². The number of imidazole rings is 1. The number of halogens is 1. The Kier molecular flexibility index (Phi) is 6.51. The molecule has 2 aromatic heterocycles. The van der Waals surface area contributed by atoms with Gasteiger partial charge in [0.15, 0.2) is 0 Å². The Bertz CT molecular complexity index is 1160. The topological polar surface area (TPSA) is 58.4 Å². The summed E-state index contributed by atoms with van der Waals surface area (Å²) >= 11 is 6.50. The molecule has 0 radical (unpaired) electrons. The number of benzene rings is 2. The normalized spacial score (nSPS) is 20.6. The monoisotopic (exact) mass is 461 g/mol. The van der Waals surface area contributed by atoms with Crippen molar-refractivity contribution in [2.45, 2.75) is 25.0 Å². The van der Waals surface area contributed by atoms with Gasteiger partial charge >= 0.3 is 0 Å². The Morgan fingerprint density at radius 1 is 0.909 bits per heavy atom. The number of hydrogen-bond acceptors (Lipinski definition) is 5. The number of rotatable bonds is 7. The highest BCUT2D eigenvalue weighted by Gasteiger charge is 2.41. The van der Waals surface area contributed by atoms with E-state index in [9.17, 15) is 0 Å². The average Bonchev–Trinajstić information content (AvgIpc) is 3.38. The van der Waals surface area contributed by atoms with Crippen LogP contribution >= 0.6 is 11.6 Å². The van der Waals surface area contributed by atoms with E-state index in [1.165, 1.54) is 0 Å². The summed E-state index contributed by atoms with van der Waals surface area (Å²) in [5, 5.41) is 0.603. The molecule has 1 aliphatic rings. The fourth-order valence-electron chi connectivity index (χ4n) is 3.92. The van der Waals surface area contributed by atoms with Crippen molar-refractivity contribution in [3.8, 4) is 11.1 Å². The molecule has 6 nitrogen and oxygen atoms in total. The molecule has 1 fully saturated rings. The Morgan fingerprint density at radius 3 is 2.33 bits per heavy atom. The molecule has 33 heavy (non-hydrogen) atoms. The third kappa shape index (κ3) is 4.99. The van der Waals surface area contributed by atoms with Crippen LogP contribution in [0.25, 0.3) is 11.1 Å². The van der Waals surface area contributed by atoms with Gasteiger partial charge in [-0.2, -0.15) is 0 Å². The molecule has 168 valence electrons. The van der Waals surface area contributed by atoms with Crippen LogP contribution in [0.3, 0.4) is 0 Å². The summed E-state index contributed by atoms with van der Waals surface area (Å²) in [6.45, 7) is 1.72. The average molecular weight is 462 g/mol. The van der Waals surface area contributed by atoms with Crippen molar-refractivity contribution >= 4 is 11.6 Å². The highest BCUT2D eigenvalue weighted by molar-refractivity contribution is 6.31. The minimum absolute atomic E-state index is 0.178. The Morgan fingerprint density at radius 2 is 1.64 bits per heavy atom. The van der Waals surface area contributed by atoms with E-state index < -0.39 is 5.79 Å². The van der Waals surface area contributed by atoms with E-state index in [4.69, 9.17) is 25.8 Å². The highest BCUT2D eigenvalue weighted by Crippen LogP contribution is 2.37. The molecule has 0 atom stereocenters. The second-order valence-corrected chi connectivity index (χ2v) is 8.36. The smallest absolute Gasteiger partial charge is 0.215 e. The quantitative estimate of drug-likeness (QED) is 0.384. The first-order chi connectivity index (χ1) is 16.2. The van der Waals surface area contributed by atoms with Gasteiger partial charge in [-0.25, -0.2) is 4.98 Å². The first-order valence-electron chi connectivity index (χ1n) is 10.8. The lowest BCUT2D eigenvalue weighted by atomic mass is 10.0. The molecule has 2 aromatic carbocycles. The van der Waals surface area contributed by atoms with E-state index in [0.717, 1.165) is 22.3 Å². The van der Waals surface area contributed by atoms with Crippen molar-refractivity contribution in [2.24, 2.45) is 0 Å². The number of ether oxygens (including phenoxy) is 3. The Hall–Kier alpha value is -3.03. The van der Waals surface area contributed by atoms with E-state index in [1.54, 1.807) is 24.9 Å². The highest BCUT2D eigenvalue weighted by atomic mass is 35.5. The van der Waals surface area contributed by atoms with E-state index in [-0.39, 0.29) is 6.10 Å². The summed E-state index contributed by atoms with van der Waals surface area (Å²) in [5.41, 5.74) is 4.18. The van der Waals surface area contributed by atoms with E-state index in [0.29, 0.717) is 31.4 Å². The van der Waals surface area contributed by atoms with Crippen molar-refractivity contribution in [1.29, 1.82) is 0 Å². The molecular weight excluding hydrogens is 438 g/mol. The van der Waals surface area contributed by atoms with Gasteiger partial charge in [0.2, 0.25) is 5.79 Å². The summed E-state index contributed by atoms with van der Waals surface area (Å²) in [5.74, 6) is -0.995. The maximum atomic E-state index is 6.50. The van der Waals surface area contributed by atoms with Crippen LogP contribution in [0.1, 0.15) is 11.1 Å². The molecule has 0 spiro atoms. The van der Waals surface area contributed by atoms with Crippen LogP contribution in [-0.4, -0.2) is 33.9 Å².